The van der Waals surface area contributed by atoms with E-state index in [9.17, 15) is 10.1 Å². The number of anilines is 1. The van der Waals surface area contributed by atoms with Crippen molar-refractivity contribution in [2.45, 2.75) is 6.54 Å². The van der Waals surface area contributed by atoms with E-state index >= 15 is 0 Å². The molecule has 0 spiro atoms. The predicted molar refractivity (Wildman–Crippen MR) is 112 cm³/mol. The van der Waals surface area contributed by atoms with Gasteiger partial charge in [-0.1, -0.05) is 54.6 Å². The Morgan fingerprint density at radius 3 is 2.04 bits per heavy atom. The second-order valence-corrected chi connectivity index (χ2v) is 7.25. The Bertz CT molecular complexity index is 916. The largest absolute Gasteiger partial charge is 0.360 e. The van der Waals surface area contributed by atoms with Crippen LogP contribution in [0, 0.1) is 10.1 Å². The van der Waals surface area contributed by atoms with Crippen molar-refractivity contribution in [3.8, 4) is 11.1 Å². The van der Waals surface area contributed by atoms with Crippen LogP contribution in [0.2, 0.25) is 0 Å². The Morgan fingerprint density at radius 2 is 1.43 bits per heavy atom. The first-order valence-corrected chi connectivity index (χ1v) is 9.66. The Hall–Kier alpha value is -3.18. The third-order valence-electron chi connectivity index (χ3n) is 5.41. The fraction of sp³-hybridized carbons (Fsp3) is 0.217. The molecule has 0 bridgehead atoms. The summed E-state index contributed by atoms with van der Waals surface area (Å²) in [5.74, 6) is 0. The number of nitrogens with one attached hydrogen (secondary N) is 1. The Balaban J connectivity index is 1.32. The van der Waals surface area contributed by atoms with Crippen molar-refractivity contribution in [2.24, 2.45) is 0 Å². The van der Waals surface area contributed by atoms with Gasteiger partial charge in [0.05, 0.1) is 31.1 Å². The molecular formula is C23H24N3O2+. The van der Waals surface area contributed by atoms with Gasteiger partial charge in [0.15, 0.2) is 0 Å². The van der Waals surface area contributed by atoms with Crippen molar-refractivity contribution in [1.29, 1.82) is 0 Å². The van der Waals surface area contributed by atoms with Crippen molar-refractivity contribution >= 4 is 11.4 Å². The fourth-order valence-electron chi connectivity index (χ4n) is 3.78. The van der Waals surface area contributed by atoms with E-state index in [2.05, 4.69) is 53.4 Å². The van der Waals surface area contributed by atoms with E-state index in [1.165, 1.54) is 16.7 Å². The Morgan fingerprint density at radius 1 is 0.821 bits per heavy atom. The molecule has 3 aromatic carbocycles. The summed E-state index contributed by atoms with van der Waals surface area (Å²) in [7, 11) is 0. The number of quaternary nitrogens is 1. The molecule has 28 heavy (non-hydrogen) atoms. The molecular weight excluding hydrogens is 350 g/mol. The lowest BCUT2D eigenvalue weighted by Gasteiger charge is -2.33. The average Bonchev–Trinajstić information content (AvgIpc) is 2.75. The predicted octanol–water partition coefficient (Wildman–Crippen LogP) is 3.17. The number of nitro groups is 1. The highest BCUT2D eigenvalue weighted by molar-refractivity contribution is 5.63. The maximum atomic E-state index is 10.8. The summed E-state index contributed by atoms with van der Waals surface area (Å²) in [5, 5.41) is 10.8. The van der Waals surface area contributed by atoms with Gasteiger partial charge in [-0.05, 0) is 23.3 Å². The van der Waals surface area contributed by atoms with Gasteiger partial charge in [-0.2, -0.15) is 0 Å². The summed E-state index contributed by atoms with van der Waals surface area (Å²) >= 11 is 0. The number of piperazine rings is 1. The molecule has 1 fully saturated rings. The first-order chi connectivity index (χ1) is 13.7. The average molecular weight is 374 g/mol. The monoisotopic (exact) mass is 374 g/mol. The molecule has 0 atom stereocenters. The van der Waals surface area contributed by atoms with E-state index in [4.69, 9.17) is 0 Å². The number of hydrogen-bond acceptors (Lipinski definition) is 3. The molecule has 0 saturated carbocycles. The first kappa shape index (κ1) is 18.2. The third-order valence-corrected chi connectivity index (χ3v) is 5.41. The first-order valence-electron chi connectivity index (χ1n) is 9.66. The van der Waals surface area contributed by atoms with Gasteiger partial charge in [0.2, 0.25) is 0 Å². The number of benzene rings is 3. The summed E-state index contributed by atoms with van der Waals surface area (Å²) in [4.78, 5) is 14.3. The van der Waals surface area contributed by atoms with Crippen LogP contribution in [0.5, 0.6) is 0 Å². The lowest BCUT2D eigenvalue weighted by molar-refractivity contribution is -0.914. The lowest BCUT2D eigenvalue weighted by Crippen LogP contribution is -3.13. The van der Waals surface area contributed by atoms with E-state index < -0.39 is 0 Å². The van der Waals surface area contributed by atoms with Crippen LogP contribution < -0.4 is 9.80 Å². The Kier molecular flexibility index (Phi) is 5.35. The van der Waals surface area contributed by atoms with Crippen LogP contribution in [0.3, 0.4) is 0 Å². The van der Waals surface area contributed by atoms with Gasteiger partial charge in [-0.25, -0.2) is 0 Å². The van der Waals surface area contributed by atoms with E-state index in [1.807, 2.05) is 18.2 Å². The van der Waals surface area contributed by atoms with Crippen LogP contribution in [0.15, 0.2) is 78.9 Å². The second kappa shape index (κ2) is 8.23. The molecule has 5 nitrogen and oxygen atoms in total. The molecule has 4 rings (SSSR count). The molecule has 1 saturated heterocycles. The summed E-state index contributed by atoms with van der Waals surface area (Å²) < 4.78 is 0. The smallest absolute Gasteiger partial charge is 0.269 e. The molecule has 1 N–H and O–H groups in total. The van der Waals surface area contributed by atoms with Crippen molar-refractivity contribution in [1.82, 2.24) is 0 Å². The summed E-state index contributed by atoms with van der Waals surface area (Å²) in [5.41, 5.74) is 5.07. The summed E-state index contributed by atoms with van der Waals surface area (Å²) in [6.07, 6.45) is 0. The number of non-ortho nitro benzene ring substituents is 1. The second-order valence-electron chi connectivity index (χ2n) is 7.25. The van der Waals surface area contributed by atoms with Crippen molar-refractivity contribution < 1.29 is 9.82 Å². The normalized spacial score (nSPS) is 14.8. The highest BCUT2D eigenvalue weighted by Crippen LogP contribution is 2.20. The maximum absolute atomic E-state index is 10.8. The Labute approximate surface area is 165 Å². The third kappa shape index (κ3) is 4.21. The molecule has 0 aliphatic carbocycles. The zero-order valence-electron chi connectivity index (χ0n) is 15.8. The van der Waals surface area contributed by atoms with Crippen molar-refractivity contribution in [2.75, 3.05) is 31.1 Å². The quantitative estimate of drug-likeness (QED) is 0.551. The summed E-state index contributed by atoms with van der Waals surface area (Å²) in [6, 6.07) is 26.2. The van der Waals surface area contributed by atoms with Crippen LogP contribution in [0.4, 0.5) is 11.4 Å². The molecule has 1 heterocycles. The van der Waals surface area contributed by atoms with Crippen LogP contribution in [0.25, 0.3) is 11.1 Å². The molecule has 0 unspecified atom stereocenters. The van der Waals surface area contributed by atoms with Gasteiger partial charge >= 0.3 is 0 Å². The van der Waals surface area contributed by atoms with Gasteiger partial charge in [0, 0.05) is 23.4 Å². The molecule has 5 heteroatoms. The van der Waals surface area contributed by atoms with Crippen molar-refractivity contribution in [3.63, 3.8) is 0 Å². The van der Waals surface area contributed by atoms with E-state index in [1.54, 1.807) is 17.0 Å². The van der Waals surface area contributed by atoms with Crippen LogP contribution in [-0.2, 0) is 6.54 Å². The number of hydrogen-bond donors (Lipinski definition) is 1. The molecule has 0 radical (unpaired) electrons. The van der Waals surface area contributed by atoms with Crippen LogP contribution in [-0.4, -0.2) is 31.1 Å². The summed E-state index contributed by atoms with van der Waals surface area (Å²) in [6.45, 7) is 5.10. The van der Waals surface area contributed by atoms with Gasteiger partial charge in [-0.15, -0.1) is 0 Å². The van der Waals surface area contributed by atoms with Gasteiger partial charge in [-0.3, -0.25) is 10.1 Å². The van der Waals surface area contributed by atoms with Crippen LogP contribution in [0.1, 0.15) is 5.56 Å². The minimum absolute atomic E-state index is 0.145. The SMILES string of the molecule is O=[N+]([O-])c1ccc(N2CC[NH+](Cc3ccc(-c4ccccc4)cc3)CC2)cc1. The zero-order chi connectivity index (χ0) is 19.3. The maximum Gasteiger partial charge on any atom is 0.269 e. The van der Waals surface area contributed by atoms with E-state index in [0.717, 1.165) is 38.4 Å². The molecule has 1 aliphatic heterocycles. The van der Waals surface area contributed by atoms with Gasteiger partial charge in [0.25, 0.3) is 5.69 Å². The zero-order valence-corrected chi connectivity index (χ0v) is 15.8. The highest BCUT2D eigenvalue weighted by Gasteiger charge is 2.20. The molecule has 3 aromatic rings. The molecule has 142 valence electrons. The van der Waals surface area contributed by atoms with Gasteiger partial charge < -0.3 is 9.80 Å². The van der Waals surface area contributed by atoms with Crippen molar-refractivity contribution in [3.05, 3.63) is 94.5 Å². The van der Waals surface area contributed by atoms with Crippen LogP contribution >= 0.6 is 0 Å². The molecule has 0 amide bonds. The topological polar surface area (TPSA) is 50.8 Å². The van der Waals surface area contributed by atoms with Gasteiger partial charge in [0.1, 0.15) is 6.54 Å². The standard InChI is InChI=1S/C23H23N3O2/c27-26(28)23-12-10-22(11-13-23)25-16-14-24(15-17-25)18-19-6-8-21(9-7-19)20-4-2-1-3-5-20/h1-13H,14-18H2/p+1. The molecule has 1 aliphatic rings. The minimum Gasteiger partial charge on any atom is -0.360 e. The number of rotatable bonds is 5. The minimum atomic E-state index is -0.352. The number of nitro benzene ring substituents is 1. The lowest BCUT2D eigenvalue weighted by atomic mass is 10.0. The number of nitrogens with zero attached hydrogens (tertiary/aromatic N) is 2. The van der Waals surface area contributed by atoms with E-state index in [0.29, 0.717) is 0 Å². The highest BCUT2D eigenvalue weighted by atomic mass is 16.6. The molecule has 0 aromatic heterocycles. The van der Waals surface area contributed by atoms with E-state index in [-0.39, 0.29) is 10.6 Å². The fourth-order valence-corrected chi connectivity index (χ4v) is 3.78.